The zero-order valence-corrected chi connectivity index (χ0v) is 58.9. The van der Waals surface area contributed by atoms with Crippen LogP contribution in [0.5, 0.6) is 11.5 Å². The minimum atomic E-state index is -4.58. The van der Waals surface area contributed by atoms with Crippen LogP contribution in [0.1, 0.15) is 171 Å². The number of ether oxygens (including phenoxy) is 4. The van der Waals surface area contributed by atoms with Crippen molar-refractivity contribution in [2.24, 2.45) is 98.1 Å². The summed E-state index contributed by atoms with van der Waals surface area (Å²) in [5.41, 5.74) is -6.50. The molecule has 25 heteroatoms. The van der Waals surface area contributed by atoms with Crippen LogP contribution >= 0.6 is 0 Å². The van der Waals surface area contributed by atoms with E-state index in [0.717, 1.165) is 29.7 Å². The Morgan fingerprint density at radius 3 is 1.65 bits per heavy atom. The standard InChI is InChI=1S/C69H101N3O21S/c1-20-65(9,10)52(63(86)92-27-26-71-94(88,89)48-28-41(46(73)29-47(48)90-19)54(74)40-24-22-38(7)23-25-40)44(59(80)81)33-68(15,16)51-42(56(76)72(57(51)77)35-37(5)6)30-67(13,14)50(55(75)70-34-36(3)4)43(58(78)79)31-69(17,18)53(62(85)91-21-2)45(60(82)83)32-66(11,12)49-39(8)61(84)93-64(49)87/h22-25,28-29,36-37,39,42-45,49-53,71,73H,20-21,26-27,30-35H2,1-19H3,(H,70,75)(H,78,79)(H,80,81)(H,82,83). The molecule has 3 amide bonds. The number of phenols is 1. The number of nitrogens with one attached hydrogen (secondary N) is 2. The minimum Gasteiger partial charge on any atom is -0.507 e. The number of carbonyl (C=O) groups excluding carboxylic acids is 8. The van der Waals surface area contributed by atoms with Gasteiger partial charge in [-0.3, -0.25) is 57.6 Å². The predicted octanol–water partition coefficient (Wildman–Crippen LogP) is 8.74. The summed E-state index contributed by atoms with van der Waals surface area (Å²) in [5.74, 6) is -26.8. The lowest BCUT2D eigenvalue weighted by atomic mass is 9.57. The SMILES string of the molecule is CCOC(=O)C(C(CC(C)(C)C1C(=O)OC(=O)C1C)C(=O)O)C(C)(C)CC(C(=O)O)C(C(=O)NCC(C)C)C(C)(C)CC1C(=O)N(CC(C)C)C(=O)C1C(C)(C)CC(C(=O)O)C(C(=O)OCCNS(=O)(=O)c1cc(C(=O)c2ccc(C)cc2)c(O)cc1OC)C(C)(C)CC. The maximum absolute atomic E-state index is 15.2. The number of ketones is 1. The van der Waals surface area contributed by atoms with Gasteiger partial charge in [-0.05, 0) is 84.5 Å². The summed E-state index contributed by atoms with van der Waals surface area (Å²) < 4.78 is 51.5. The number of carboxylic acids is 3. The van der Waals surface area contributed by atoms with Crippen LogP contribution in [0.15, 0.2) is 41.3 Å². The van der Waals surface area contributed by atoms with E-state index in [-0.39, 0.29) is 67.7 Å². The van der Waals surface area contributed by atoms with Crippen molar-refractivity contribution in [3.8, 4) is 11.5 Å². The number of carbonyl (C=O) groups is 11. The van der Waals surface area contributed by atoms with Crippen LogP contribution in [-0.4, -0.2) is 139 Å². The van der Waals surface area contributed by atoms with E-state index >= 15 is 14.4 Å². The smallest absolute Gasteiger partial charge is 0.318 e. The second-order valence-electron chi connectivity index (χ2n) is 29.8. The van der Waals surface area contributed by atoms with Crippen molar-refractivity contribution in [2.75, 3.05) is 40.0 Å². The van der Waals surface area contributed by atoms with Gasteiger partial charge in [-0.1, -0.05) is 147 Å². The van der Waals surface area contributed by atoms with Crippen molar-refractivity contribution in [3.05, 3.63) is 53.1 Å². The molecule has 0 radical (unpaired) electrons. The van der Waals surface area contributed by atoms with Crippen LogP contribution in [0.25, 0.3) is 0 Å². The second-order valence-corrected chi connectivity index (χ2v) is 31.6. The fraction of sp³-hybridized carbons (Fsp3) is 0.667. The quantitative estimate of drug-likeness (QED) is 0.00926. The third-order valence-corrected chi connectivity index (χ3v) is 20.7. The summed E-state index contributed by atoms with van der Waals surface area (Å²) in [7, 11) is -3.42. The highest BCUT2D eigenvalue weighted by atomic mass is 32.2. The summed E-state index contributed by atoms with van der Waals surface area (Å²) in [6, 6.07) is 8.32. The number of phenolic OH excluding ortho intramolecular Hbond substituents is 1. The van der Waals surface area contributed by atoms with Gasteiger partial charge in [-0.2, -0.15) is 0 Å². The van der Waals surface area contributed by atoms with Gasteiger partial charge >= 0.3 is 41.8 Å². The zero-order chi connectivity index (χ0) is 71.9. The molecule has 0 saturated carbocycles. The Morgan fingerprint density at radius 2 is 1.18 bits per heavy atom. The number of aliphatic carboxylic acids is 3. The van der Waals surface area contributed by atoms with Crippen molar-refractivity contribution in [2.45, 2.75) is 162 Å². The average Bonchev–Trinajstić information content (AvgIpc) is 1.50. The Morgan fingerprint density at radius 1 is 0.670 bits per heavy atom. The molecule has 2 heterocycles. The molecule has 10 unspecified atom stereocenters. The Kier molecular flexibility index (Phi) is 26.2. The summed E-state index contributed by atoms with van der Waals surface area (Å²) >= 11 is 0. The number of carboxylic acid groups (broad SMARTS) is 3. The lowest BCUT2D eigenvalue weighted by Gasteiger charge is -2.45. The van der Waals surface area contributed by atoms with Gasteiger partial charge in [0.1, 0.15) is 23.0 Å². The van der Waals surface area contributed by atoms with Crippen molar-refractivity contribution < 1.29 is 101 Å². The molecule has 2 aliphatic rings. The van der Waals surface area contributed by atoms with Crippen LogP contribution in [0.4, 0.5) is 0 Å². The number of rotatable bonds is 36. The molecule has 94 heavy (non-hydrogen) atoms. The van der Waals surface area contributed by atoms with Gasteiger partial charge in [0.05, 0.1) is 78.5 Å². The first kappa shape index (κ1) is 79.2. The molecule has 0 aliphatic carbocycles. The van der Waals surface area contributed by atoms with E-state index in [0.29, 0.717) is 0 Å². The van der Waals surface area contributed by atoms with E-state index in [2.05, 4.69) is 10.0 Å². The summed E-state index contributed by atoms with van der Waals surface area (Å²) in [5, 5.41) is 47.4. The minimum absolute atomic E-state index is 0.0597. The lowest BCUT2D eigenvalue weighted by molar-refractivity contribution is -0.168. The molecule has 2 fully saturated rings. The zero-order valence-electron chi connectivity index (χ0n) is 58.0. The number of hydrogen-bond acceptors (Lipinski definition) is 18. The number of hydrogen-bond donors (Lipinski definition) is 6. The molecular weight excluding hydrogens is 1240 g/mol. The van der Waals surface area contributed by atoms with Crippen LogP contribution in [0.2, 0.25) is 0 Å². The molecule has 4 rings (SSSR count). The van der Waals surface area contributed by atoms with E-state index in [1.54, 1.807) is 88.3 Å². The highest BCUT2D eigenvalue weighted by Gasteiger charge is 2.60. The van der Waals surface area contributed by atoms with Gasteiger partial charge in [0, 0.05) is 31.3 Å². The molecule has 6 N–H and O–H groups in total. The molecular formula is C69H101N3O21S. The lowest BCUT2D eigenvalue weighted by Crippen LogP contribution is -2.51. The second kappa shape index (κ2) is 31.1. The van der Waals surface area contributed by atoms with Gasteiger partial charge in [-0.15, -0.1) is 0 Å². The van der Waals surface area contributed by atoms with Gasteiger partial charge < -0.3 is 44.7 Å². The molecule has 10 atom stereocenters. The van der Waals surface area contributed by atoms with Crippen molar-refractivity contribution in [1.29, 1.82) is 0 Å². The molecule has 0 bridgehead atoms. The van der Waals surface area contributed by atoms with Crippen molar-refractivity contribution in [1.82, 2.24) is 14.9 Å². The Balaban J connectivity index is 1.79. The summed E-state index contributed by atoms with van der Waals surface area (Å²) in [6.45, 7) is 28.0. The van der Waals surface area contributed by atoms with Crippen LogP contribution < -0.4 is 14.8 Å². The Hall–Kier alpha value is -7.28. The monoisotopic (exact) mass is 1340 g/mol. The van der Waals surface area contributed by atoms with E-state index in [9.17, 15) is 67.2 Å². The van der Waals surface area contributed by atoms with Crippen LogP contribution in [0.3, 0.4) is 0 Å². The fourth-order valence-corrected chi connectivity index (χ4v) is 15.5. The first-order valence-electron chi connectivity index (χ1n) is 32.1. The number of cyclic esters (lactones) is 2. The van der Waals surface area contributed by atoms with E-state index in [1.165, 1.54) is 39.8 Å². The first-order valence-corrected chi connectivity index (χ1v) is 33.6. The summed E-state index contributed by atoms with van der Waals surface area (Å²) in [6.07, 6.45) is -1.51. The number of aromatic hydroxyl groups is 1. The number of amides is 3. The number of benzene rings is 2. The molecule has 524 valence electrons. The molecule has 24 nitrogen and oxygen atoms in total. The Bertz CT molecular complexity index is 3290. The number of esters is 4. The number of likely N-dealkylation sites (tertiary alicyclic amines) is 1. The third-order valence-electron chi connectivity index (χ3n) is 19.2. The predicted molar refractivity (Wildman–Crippen MR) is 344 cm³/mol. The van der Waals surface area contributed by atoms with Gasteiger partial charge in [-0.25, -0.2) is 13.1 Å². The van der Waals surface area contributed by atoms with Crippen molar-refractivity contribution >= 4 is 75.3 Å². The molecule has 2 aliphatic heterocycles. The van der Waals surface area contributed by atoms with Gasteiger partial charge in [0.25, 0.3) is 0 Å². The highest BCUT2D eigenvalue weighted by Crippen LogP contribution is 2.55. The third kappa shape index (κ3) is 18.4. The first-order chi connectivity index (χ1) is 43.2. The molecule has 0 aromatic heterocycles. The Labute approximate surface area is 552 Å². The van der Waals surface area contributed by atoms with Crippen LogP contribution in [0, 0.1) is 105 Å². The number of methoxy groups -OCH3 is 1. The normalized spacial score (nSPS) is 19.5. The number of imide groups is 1. The highest BCUT2D eigenvalue weighted by molar-refractivity contribution is 7.89. The average molecular weight is 1340 g/mol. The number of sulfonamides is 1. The van der Waals surface area contributed by atoms with E-state index in [4.69, 9.17) is 18.9 Å². The topological polar surface area (TPSA) is 367 Å². The largest absolute Gasteiger partial charge is 0.507 e. The van der Waals surface area contributed by atoms with E-state index < -0.39 is 198 Å². The van der Waals surface area contributed by atoms with Crippen LogP contribution in [-0.2, 0) is 72.2 Å². The van der Waals surface area contributed by atoms with Gasteiger partial charge in [0.15, 0.2) is 5.78 Å². The van der Waals surface area contributed by atoms with E-state index in [1.807, 2.05) is 20.8 Å². The number of nitrogens with zero attached hydrogens (tertiary/aromatic N) is 1. The fourth-order valence-electron chi connectivity index (χ4n) is 14.3. The van der Waals surface area contributed by atoms with Gasteiger partial charge in [0.2, 0.25) is 27.7 Å². The molecule has 2 saturated heterocycles. The summed E-state index contributed by atoms with van der Waals surface area (Å²) in [4.78, 5) is 156. The number of aryl methyl sites for hydroxylation is 1. The molecule has 2 aromatic carbocycles. The molecule has 2 aromatic rings. The molecule has 0 spiro atoms. The van der Waals surface area contributed by atoms with Crippen molar-refractivity contribution in [3.63, 3.8) is 0 Å². The maximum atomic E-state index is 15.2. The maximum Gasteiger partial charge on any atom is 0.318 e.